The van der Waals surface area contributed by atoms with Crippen molar-refractivity contribution in [3.8, 4) is 5.75 Å². The molecule has 4 rings (SSSR count). The van der Waals surface area contributed by atoms with Crippen molar-refractivity contribution in [2.24, 2.45) is 5.73 Å². The molecule has 0 saturated carbocycles. The molecule has 2 aromatic rings. The van der Waals surface area contributed by atoms with Crippen LogP contribution in [0.4, 0.5) is 0 Å². The first-order valence-corrected chi connectivity index (χ1v) is 12.0. The maximum atomic E-state index is 13.2. The number of ether oxygens (including phenoxy) is 1. The lowest BCUT2D eigenvalue weighted by atomic mass is 9.95. The largest absolute Gasteiger partial charge is 0.476 e. The summed E-state index contributed by atoms with van der Waals surface area (Å²) in [5, 5.41) is 3.93. The fourth-order valence-electron chi connectivity index (χ4n) is 4.79. The third kappa shape index (κ3) is 5.00. The topological polar surface area (TPSA) is 102 Å². The quantitative estimate of drug-likeness (QED) is 0.616. The molecular formula is C25H27Cl2N3O4. The van der Waals surface area contributed by atoms with Crippen molar-refractivity contribution >= 4 is 40.9 Å². The van der Waals surface area contributed by atoms with Gasteiger partial charge >= 0.3 is 0 Å². The zero-order chi connectivity index (χ0) is 24.6. The molecule has 2 unspecified atom stereocenters. The summed E-state index contributed by atoms with van der Waals surface area (Å²) in [5.41, 5.74) is 5.04. The van der Waals surface area contributed by atoms with E-state index in [0.717, 1.165) is 12.8 Å². The van der Waals surface area contributed by atoms with E-state index >= 15 is 0 Å². The van der Waals surface area contributed by atoms with Gasteiger partial charge in [0.2, 0.25) is 5.91 Å². The first kappa shape index (κ1) is 24.4. The summed E-state index contributed by atoms with van der Waals surface area (Å²) >= 11 is 12.1. The number of nitrogens with two attached hydrogens (primary N) is 1. The maximum Gasteiger partial charge on any atom is 0.263 e. The normalized spacial score (nSPS) is 21.8. The lowest BCUT2D eigenvalue weighted by molar-refractivity contribution is -0.135. The van der Waals surface area contributed by atoms with E-state index in [1.807, 2.05) is 4.90 Å². The third-order valence-electron chi connectivity index (χ3n) is 6.53. The van der Waals surface area contributed by atoms with Crippen LogP contribution in [0, 0.1) is 0 Å². The Kier molecular flexibility index (Phi) is 6.78. The van der Waals surface area contributed by atoms with Crippen LogP contribution in [-0.4, -0.2) is 46.3 Å². The van der Waals surface area contributed by atoms with E-state index in [2.05, 4.69) is 5.32 Å². The van der Waals surface area contributed by atoms with Crippen LogP contribution < -0.4 is 15.8 Å². The van der Waals surface area contributed by atoms with Crippen LogP contribution in [0.3, 0.4) is 0 Å². The summed E-state index contributed by atoms with van der Waals surface area (Å²) in [6.45, 7) is 3.38. The smallest absolute Gasteiger partial charge is 0.263 e. The second-order valence-electron chi connectivity index (χ2n) is 9.37. The molecule has 0 aromatic heterocycles. The molecule has 3 N–H and O–H groups in total. The molecule has 2 heterocycles. The maximum absolute atomic E-state index is 13.2. The van der Waals surface area contributed by atoms with Crippen molar-refractivity contribution in [2.45, 2.75) is 63.3 Å². The van der Waals surface area contributed by atoms with Gasteiger partial charge in [-0.3, -0.25) is 14.4 Å². The number of primary amides is 1. The Morgan fingerprint density at radius 3 is 2.15 bits per heavy atom. The van der Waals surface area contributed by atoms with Crippen molar-refractivity contribution in [3.63, 3.8) is 0 Å². The number of benzene rings is 2. The van der Waals surface area contributed by atoms with E-state index in [-0.39, 0.29) is 29.9 Å². The van der Waals surface area contributed by atoms with Gasteiger partial charge < -0.3 is 20.7 Å². The fourth-order valence-corrected chi connectivity index (χ4v) is 5.24. The number of piperidine rings is 1. The average molecular weight is 504 g/mol. The van der Waals surface area contributed by atoms with Gasteiger partial charge in [-0.2, -0.15) is 0 Å². The number of hydrogen-bond donors (Lipinski definition) is 2. The van der Waals surface area contributed by atoms with Gasteiger partial charge in [0.05, 0.1) is 5.02 Å². The molecule has 2 fully saturated rings. The SMILES string of the molecule is CC(C)(Oc1ccc(Cl)cc1Cl)C(=O)NC1CC2CCC(C1)N2C(=O)c1ccc(C(N)=O)cc1. The van der Waals surface area contributed by atoms with Crippen molar-refractivity contribution in [2.75, 3.05) is 0 Å². The second kappa shape index (κ2) is 9.47. The van der Waals surface area contributed by atoms with Gasteiger partial charge in [-0.05, 0) is 82.0 Å². The zero-order valence-corrected chi connectivity index (χ0v) is 20.5. The molecule has 0 aliphatic carbocycles. The molecule has 34 heavy (non-hydrogen) atoms. The number of rotatable bonds is 6. The number of carbonyl (C=O) groups is 3. The summed E-state index contributed by atoms with van der Waals surface area (Å²) < 4.78 is 5.90. The molecule has 2 bridgehead atoms. The van der Waals surface area contributed by atoms with Gasteiger partial charge in [-0.25, -0.2) is 0 Å². The Labute approximate surface area is 208 Å². The highest BCUT2D eigenvalue weighted by Gasteiger charge is 2.44. The summed E-state index contributed by atoms with van der Waals surface area (Å²) in [7, 11) is 0. The summed E-state index contributed by atoms with van der Waals surface area (Å²) in [6, 6.07) is 11.3. The Morgan fingerprint density at radius 1 is 1.00 bits per heavy atom. The molecule has 0 radical (unpaired) electrons. The van der Waals surface area contributed by atoms with Crippen LogP contribution in [0.1, 0.15) is 60.2 Å². The average Bonchev–Trinajstić information content (AvgIpc) is 3.05. The van der Waals surface area contributed by atoms with Crippen LogP contribution in [0.5, 0.6) is 5.75 Å². The van der Waals surface area contributed by atoms with Crippen LogP contribution in [-0.2, 0) is 4.79 Å². The van der Waals surface area contributed by atoms with E-state index in [0.29, 0.717) is 39.8 Å². The van der Waals surface area contributed by atoms with Crippen LogP contribution in [0.2, 0.25) is 10.0 Å². The van der Waals surface area contributed by atoms with E-state index in [1.54, 1.807) is 56.3 Å². The monoisotopic (exact) mass is 503 g/mol. The molecule has 2 saturated heterocycles. The first-order chi connectivity index (χ1) is 16.0. The number of fused-ring (bicyclic) bond motifs is 2. The molecule has 7 nitrogen and oxygen atoms in total. The van der Waals surface area contributed by atoms with Gasteiger partial charge in [-0.1, -0.05) is 23.2 Å². The Bertz CT molecular complexity index is 1110. The fraction of sp³-hybridized carbons (Fsp3) is 0.400. The van der Waals surface area contributed by atoms with Crippen LogP contribution in [0.15, 0.2) is 42.5 Å². The highest BCUT2D eigenvalue weighted by atomic mass is 35.5. The van der Waals surface area contributed by atoms with Crippen molar-refractivity contribution in [1.82, 2.24) is 10.2 Å². The first-order valence-electron chi connectivity index (χ1n) is 11.2. The predicted octanol–water partition coefficient (Wildman–Crippen LogP) is 4.20. The number of halogens is 2. The molecule has 3 amide bonds. The lowest BCUT2D eigenvalue weighted by Gasteiger charge is -2.40. The standard InChI is InChI=1S/C25H27Cl2N3O4/c1-25(2,34-21-10-7-16(26)11-20(21)27)24(33)29-17-12-18-8-9-19(13-17)30(18)23(32)15-5-3-14(4-6-15)22(28)31/h3-7,10-11,17-19H,8-9,12-13H2,1-2H3,(H2,28,31)(H,29,33). The zero-order valence-electron chi connectivity index (χ0n) is 19.0. The van der Waals surface area contributed by atoms with Gasteiger partial charge in [0.25, 0.3) is 11.8 Å². The van der Waals surface area contributed by atoms with E-state index < -0.39 is 11.5 Å². The van der Waals surface area contributed by atoms with Crippen molar-refractivity contribution < 1.29 is 19.1 Å². The van der Waals surface area contributed by atoms with Gasteiger partial charge in [0, 0.05) is 34.3 Å². The van der Waals surface area contributed by atoms with E-state index in [4.69, 9.17) is 33.7 Å². The van der Waals surface area contributed by atoms with Gasteiger partial charge in [-0.15, -0.1) is 0 Å². The highest BCUT2D eigenvalue weighted by Crippen LogP contribution is 2.37. The Balaban J connectivity index is 1.39. The van der Waals surface area contributed by atoms with Gasteiger partial charge in [0.1, 0.15) is 5.75 Å². The Hall–Kier alpha value is -2.77. The minimum Gasteiger partial charge on any atom is -0.476 e. The number of amides is 3. The number of nitrogens with one attached hydrogen (secondary N) is 1. The molecule has 2 aliphatic rings. The third-order valence-corrected chi connectivity index (χ3v) is 7.06. The van der Waals surface area contributed by atoms with Crippen molar-refractivity contribution in [1.29, 1.82) is 0 Å². The molecule has 9 heteroatoms. The van der Waals surface area contributed by atoms with Crippen LogP contribution in [0.25, 0.3) is 0 Å². The molecule has 2 aromatic carbocycles. The highest BCUT2D eigenvalue weighted by molar-refractivity contribution is 6.35. The summed E-state index contributed by atoms with van der Waals surface area (Å²) in [5.74, 6) is -0.450. The lowest BCUT2D eigenvalue weighted by Crippen LogP contribution is -2.56. The minimum absolute atomic E-state index is 0.0436. The second-order valence-corrected chi connectivity index (χ2v) is 10.2. The Morgan fingerprint density at radius 2 is 1.59 bits per heavy atom. The number of nitrogens with zero attached hydrogens (tertiary/aromatic N) is 1. The minimum atomic E-state index is -1.15. The van der Waals surface area contributed by atoms with Crippen LogP contribution >= 0.6 is 23.2 Å². The summed E-state index contributed by atoms with van der Waals surface area (Å²) in [6.07, 6.45) is 3.13. The van der Waals surface area contributed by atoms with E-state index in [9.17, 15) is 14.4 Å². The summed E-state index contributed by atoms with van der Waals surface area (Å²) in [4.78, 5) is 39.4. The van der Waals surface area contributed by atoms with Crippen molar-refractivity contribution in [3.05, 3.63) is 63.6 Å². The predicted molar refractivity (Wildman–Crippen MR) is 130 cm³/mol. The van der Waals surface area contributed by atoms with E-state index in [1.165, 1.54) is 0 Å². The molecule has 2 atom stereocenters. The molecule has 180 valence electrons. The molecular weight excluding hydrogens is 477 g/mol. The molecule has 0 spiro atoms. The number of carbonyl (C=O) groups excluding carboxylic acids is 3. The van der Waals surface area contributed by atoms with Gasteiger partial charge in [0.15, 0.2) is 5.60 Å². The number of hydrogen-bond acceptors (Lipinski definition) is 4. The molecule has 2 aliphatic heterocycles.